The Kier molecular flexibility index (Phi) is 4.85. The van der Waals surface area contributed by atoms with E-state index in [2.05, 4.69) is 19.2 Å². The molecule has 3 atom stereocenters. The van der Waals surface area contributed by atoms with Gasteiger partial charge in [-0.3, -0.25) is 4.79 Å². The maximum Gasteiger partial charge on any atom is 0.223 e. The molecule has 110 valence electrons. The first-order chi connectivity index (χ1) is 9.00. The molecule has 2 rings (SSSR count). The Bertz CT molecular complexity index is 313. The standard InChI is InChI=1S/C15H28N2O2/c1-11-9-12(3-4-13(11)16)14(18)17-10-15(2)5-7-19-8-6-15/h11-13H,3-10,16H2,1-2H3,(H,17,18). The van der Waals surface area contributed by atoms with Gasteiger partial charge in [-0.05, 0) is 43.4 Å². The van der Waals surface area contributed by atoms with E-state index >= 15 is 0 Å². The molecule has 0 aromatic rings. The molecule has 0 aromatic carbocycles. The Hall–Kier alpha value is -0.610. The molecule has 1 heterocycles. The van der Waals surface area contributed by atoms with E-state index in [0.29, 0.717) is 5.92 Å². The summed E-state index contributed by atoms with van der Waals surface area (Å²) in [6, 6.07) is 0.275. The van der Waals surface area contributed by atoms with E-state index < -0.39 is 0 Å². The Morgan fingerprint density at radius 1 is 1.37 bits per heavy atom. The number of nitrogens with one attached hydrogen (secondary N) is 1. The van der Waals surface area contributed by atoms with Gasteiger partial charge in [0.25, 0.3) is 0 Å². The predicted octanol–water partition coefficient (Wildman–Crippen LogP) is 1.68. The van der Waals surface area contributed by atoms with Crippen molar-refractivity contribution in [3.05, 3.63) is 0 Å². The van der Waals surface area contributed by atoms with Crippen molar-refractivity contribution in [3.63, 3.8) is 0 Å². The summed E-state index contributed by atoms with van der Waals surface area (Å²) in [5.41, 5.74) is 6.22. The molecular weight excluding hydrogens is 240 g/mol. The Labute approximate surface area is 116 Å². The monoisotopic (exact) mass is 268 g/mol. The first-order valence-corrected chi connectivity index (χ1v) is 7.61. The molecule has 2 aliphatic rings. The lowest BCUT2D eigenvalue weighted by Gasteiger charge is -2.35. The Balaban J connectivity index is 1.78. The van der Waals surface area contributed by atoms with E-state index in [-0.39, 0.29) is 23.3 Å². The number of carbonyl (C=O) groups is 1. The number of ether oxygens (including phenoxy) is 1. The third kappa shape index (κ3) is 3.93. The van der Waals surface area contributed by atoms with E-state index in [1.807, 2.05) is 0 Å². The van der Waals surface area contributed by atoms with Crippen molar-refractivity contribution in [2.24, 2.45) is 23.0 Å². The third-order valence-electron chi connectivity index (χ3n) is 5.00. The average Bonchev–Trinajstić information content (AvgIpc) is 2.40. The van der Waals surface area contributed by atoms with Crippen LogP contribution < -0.4 is 11.1 Å². The van der Waals surface area contributed by atoms with Crippen molar-refractivity contribution < 1.29 is 9.53 Å². The van der Waals surface area contributed by atoms with Crippen LogP contribution in [-0.2, 0) is 9.53 Å². The highest BCUT2D eigenvalue weighted by molar-refractivity contribution is 5.78. The summed E-state index contributed by atoms with van der Waals surface area (Å²) in [6.45, 7) is 6.83. The average molecular weight is 268 g/mol. The SMILES string of the molecule is CC1CC(C(=O)NCC2(C)CCOCC2)CCC1N. The van der Waals surface area contributed by atoms with Crippen LogP contribution in [0.15, 0.2) is 0 Å². The third-order valence-corrected chi connectivity index (χ3v) is 5.00. The largest absolute Gasteiger partial charge is 0.381 e. The molecule has 1 aliphatic heterocycles. The summed E-state index contributed by atoms with van der Waals surface area (Å²) in [6.07, 6.45) is 4.94. The number of carbonyl (C=O) groups excluding carboxylic acids is 1. The van der Waals surface area contributed by atoms with E-state index in [1.54, 1.807) is 0 Å². The fourth-order valence-corrected chi connectivity index (χ4v) is 3.14. The molecule has 19 heavy (non-hydrogen) atoms. The van der Waals surface area contributed by atoms with Crippen molar-refractivity contribution >= 4 is 5.91 Å². The minimum Gasteiger partial charge on any atom is -0.381 e. The predicted molar refractivity (Wildman–Crippen MR) is 75.7 cm³/mol. The van der Waals surface area contributed by atoms with E-state index in [1.165, 1.54) is 0 Å². The summed E-state index contributed by atoms with van der Waals surface area (Å²) in [4.78, 5) is 12.3. The molecule has 3 N–H and O–H groups in total. The molecule has 0 bridgehead atoms. The van der Waals surface area contributed by atoms with Crippen LogP contribution in [0.5, 0.6) is 0 Å². The van der Waals surface area contributed by atoms with Gasteiger partial charge in [0.1, 0.15) is 0 Å². The van der Waals surface area contributed by atoms with Gasteiger partial charge < -0.3 is 15.8 Å². The maximum atomic E-state index is 12.3. The fourth-order valence-electron chi connectivity index (χ4n) is 3.14. The van der Waals surface area contributed by atoms with Crippen molar-refractivity contribution in [1.29, 1.82) is 0 Å². The molecule has 4 nitrogen and oxygen atoms in total. The van der Waals surface area contributed by atoms with Crippen LogP contribution in [-0.4, -0.2) is 31.7 Å². The molecule has 1 aliphatic carbocycles. The Morgan fingerprint density at radius 2 is 2.05 bits per heavy atom. The van der Waals surface area contributed by atoms with E-state index in [9.17, 15) is 4.79 Å². The van der Waals surface area contributed by atoms with Crippen molar-refractivity contribution in [2.45, 2.75) is 52.0 Å². The maximum absolute atomic E-state index is 12.3. The molecule has 1 saturated heterocycles. The van der Waals surface area contributed by atoms with Crippen LogP contribution in [0.4, 0.5) is 0 Å². The fraction of sp³-hybridized carbons (Fsp3) is 0.933. The molecule has 0 spiro atoms. The lowest BCUT2D eigenvalue weighted by Crippen LogP contribution is -2.44. The van der Waals surface area contributed by atoms with Crippen LogP contribution in [0.1, 0.15) is 46.0 Å². The lowest BCUT2D eigenvalue weighted by molar-refractivity contribution is -0.127. The van der Waals surface area contributed by atoms with Gasteiger partial charge in [-0.15, -0.1) is 0 Å². The second kappa shape index (κ2) is 6.23. The van der Waals surface area contributed by atoms with Crippen molar-refractivity contribution in [1.82, 2.24) is 5.32 Å². The number of amides is 1. The molecule has 3 unspecified atom stereocenters. The van der Waals surface area contributed by atoms with Gasteiger partial charge in [-0.25, -0.2) is 0 Å². The zero-order valence-electron chi connectivity index (χ0n) is 12.3. The number of hydrogen-bond donors (Lipinski definition) is 2. The van der Waals surface area contributed by atoms with Crippen LogP contribution in [0.3, 0.4) is 0 Å². The number of rotatable bonds is 3. The van der Waals surface area contributed by atoms with Crippen LogP contribution >= 0.6 is 0 Å². The van der Waals surface area contributed by atoms with E-state index in [4.69, 9.17) is 10.5 Å². The van der Waals surface area contributed by atoms with Crippen LogP contribution in [0.25, 0.3) is 0 Å². The second-order valence-corrected chi connectivity index (χ2v) is 6.79. The highest BCUT2D eigenvalue weighted by Gasteiger charge is 2.32. The molecule has 1 amide bonds. The van der Waals surface area contributed by atoms with Gasteiger partial charge in [0.05, 0.1) is 0 Å². The second-order valence-electron chi connectivity index (χ2n) is 6.79. The van der Waals surface area contributed by atoms with Crippen molar-refractivity contribution in [2.75, 3.05) is 19.8 Å². The molecule has 0 aromatic heterocycles. The van der Waals surface area contributed by atoms with Crippen molar-refractivity contribution in [3.8, 4) is 0 Å². The van der Waals surface area contributed by atoms with Gasteiger partial charge in [-0.1, -0.05) is 13.8 Å². The molecular formula is C15H28N2O2. The minimum absolute atomic E-state index is 0.165. The quantitative estimate of drug-likeness (QED) is 0.818. The highest BCUT2D eigenvalue weighted by Crippen LogP contribution is 2.30. The molecule has 0 radical (unpaired) electrons. The normalized spacial score (nSPS) is 34.8. The highest BCUT2D eigenvalue weighted by atomic mass is 16.5. The smallest absolute Gasteiger partial charge is 0.223 e. The first-order valence-electron chi connectivity index (χ1n) is 7.61. The summed E-state index contributed by atoms with van der Waals surface area (Å²) < 4.78 is 5.39. The summed E-state index contributed by atoms with van der Waals surface area (Å²) >= 11 is 0. The molecule has 4 heteroatoms. The van der Waals surface area contributed by atoms with Gasteiger partial charge in [-0.2, -0.15) is 0 Å². The zero-order chi connectivity index (χ0) is 13.9. The topological polar surface area (TPSA) is 64.3 Å². The Morgan fingerprint density at radius 3 is 2.68 bits per heavy atom. The summed E-state index contributed by atoms with van der Waals surface area (Å²) in [7, 11) is 0. The van der Waals surface area contributed by atoms with E-state index in [0.717, 1.165) is 51.9 Å². The molecule has 2 fully saturated rings. The van der Waals surface area contributed by atoms with Gasteiger partial charge in [0.15, 0.2) is 0 Å². The van der Waals surface area contributed by atoms with Gasteiger partial charge in [0.2, 0.25) is 5.91 Å². The zero-order valence-corrected chi connectivity index (χ0v) is 12.3. The first kappa shape index (κ1) is 14.8. The summed E-state index contributed by atoms with van der Waals surface area (Å²) in [5, 5.41) is 3.16. The summed E-state index contributed by atoms with van der Waals surface area (Å²) in [5.74, 6) is 0.855. The van der Waals surface area contributed by atoms with Gasteiger partial charge in [0, 0.05) is 31.7 Å². The molecule has 1 saturated carbocycles. The number of nitrogens with two attached hydrogens (primary N) is 1. The lowest BCUT2D eigenvalue weighted by atomic mass is 9.78. The van der Waals surface area contributed by atoms with Crippen LogP contribution in [0, 0.1) is 17.3 Å². The van der Waals surface area contributed by atoms with Crippen LogP contribution in [0.2, 0.25) is 0 Å². The van der Waals surface area contributed by atoms with Gasteiger partial charge >= 0.3 is 0 Å². The minimum atomic E-state index is 0.165. The number of hydrogen-bond acceptors (Lipinski definition) is 3.